The molecule has 25 heavy (non-hydrogen) atoms. The fraction of sp³-hybridized carbons (Fsp3) is 0.667. The summed E-state index contributed by atoms with van der Waals surface area (Å²) in [5.41, 5.74) is -1.21. The molecule has 1 aromatic heterocycles. The average molecular weight is 342 g/mol. The van der Waals surface area contributed by atoms with Crippen molar-refractivity contribution in [3.05, 3.63) is 32.6 Å². The summed E-state index contributed by atoms with van der Waals surface area (Å²) in [4.78, 5) is 39.9. The van der Waals surface area contributed by atoms with E-state index in [-0.39, 0.29) is 36.1 Å². The van der Waals surface area contributed by atoms with Gasteiger partial charge in [0.15, 0.2) is 0 Å². The summed E-state index contributed by atoms with van der Waals surface area (Å²) >= 11 is 0. The predicted molar refractivity (Wildman–Crippen MR) is 90.0 cm³/mol. The zero-order valence-electron chi connectivity index (χ0n) is 14.4. The molecule has 1 amide bonds. The topological polar surface area (TPSA) is 88.1 Å². The molecule has 1 atom stereocenters. The zero-order valence-corrected chi connectivity index (χ0v) is 14.4. The van der Waals surface area contributed by atoms with Crippen LogP contribution < -0.4 is 11.2 Å². The van der Waals surface area contributed by atoms with E-state index in [0.717, 1.165) is 43.1 Å². The summed E-state index contributed by atoms with van der Waals surface area (Å²) < 4.78 is 2.40. The Hall–Kier alpha value is -2.36. The van der Waals surface area contributed by atoms with Crippen LogP contribution in [0.5, 0.6) is 0 Å². The maximum Gasteiger partial charge on any atom is 0.331 e. The number of rotatable bonds is 6. The number of carbonyl (C=O) groups excluding carboxylic acids is 1. The molecule has 3 aliphatic carbocycles. The fourth-order valence-corrected chi connectivity index (χ4v) is 3.59. The summed E-state index contributed by atoms with van der Waals surface area (Å²) in [6, 6.07) is 2.30. The number of nitrogens with zero attached hydrogens (tertiary/aromatic N) is 4. The molecule has 3 fully saturated rings. The summed E-state index contributed by atoms with van der Waals surface area (Å²) in [5, 5.41) is 9.20. The lowest BCUT2D eigenvalue weighted by molar-refractivity contribution is -0.135. The van der Waals surface area contributed by atoms with Gasteiger partial charge in [-0.05, 0) is 51.4 Å². The van der Waals surface area contributed by atoms with Gasteiger partial charge in [-0.1, -0.05) is 0 Å². The number of nitriles is 1. The van der Waals surface area contributed by atoms with Crippen molar-refractivity contribution in [1.82, 2.24) is 14.0 Å². The van der Waals surface area contributed by atoms with Crippen molar-refractivity contribution < 1.29 is 4.79 Å². The maximum atomic E-state index is 12.9. The number of aromatic nitrogens is 2. The molecule has 4 rings (SSSR count). The molecule has 3 aliphatic rings. The molecule has 1 aromatic rings. The van der Waals surface area contributed by atoms with Crippen LogP contribution in [0.25, 0.3) is 0 Å². The third-order valence-electron chi connectivity index (χ3n) is 5.52. The molecule has 0 spiro atoms. The summed E-state index contributed by atoms with van der Waals surface area (Å²) in [6.07, 6.45) is 7.32. The van der Waals surface area contributed by atoms with E-state index in [9.17, 15) is 19.6 Å². The Balaban J connectivity index is 1.66. The van der Waals surface area contributed by atoms with Crippen LogP contribution in [0.1, 0.15) is 57.1 Å². The van der Waals surface area contributed by atoms with Crippen LogP contribution in [0.4, 0.5) is 0 Å². The second-order valence-electron chi connectivity index (χ2n) is 7.58. The second kappa shape index (κ2) is 5.87. The normalized spacial score (nSPS) is 20.8. The van der Waals surface area contributed by atoms with Gasteiger partial charge in [-0.3, -0.25) is 14.2 Å². The molecule has 3 saturated carbocycles. The summed E-state index contributed by atoms with van der Waals surface area (Å²) in [7, 11) is 0. The first kappa shape index (κ1) is 16.1. The Kier molecular flexibility index (Phi) is 3.78. The summed E-state index contributed by atoms with van der Waals surface area (Å²) in [6.45, 7) is 1.79. The largest absolute Gasteiger partial charge is 0.335 e. The lowest BCUT2D eigenvalue weighted by Crippen LogP contribution is -2.48. The van der Waals surface area contributed by atoms with Gasteiger partial charge in [0.2, 0.25) is 5.91 Å². The number of amides is 1. The quantitative estimate of drug-likeness (QED) is 0.772. The molecule has 1 heterocycles. The Bertz CT molecular complexity index is 866. The zero-order chi connectivity index (χ0) is 17.7. The van der Waals surface area contributed by atoms with Gasteiger partial charge in [-0.15, -0.1) is 0 Å². The SMILES string of the molecule is CC(C1CC1)N(C(=O)Cn1c(=O)c(C#N)cn(C2CC2)c1=O)C1CC1. The van der Waals surface area contributed by atoms with E-state index in [1.54, 1.807) is 0 Å². The van der Waals surface area contributed by atoms with Gasteiger partial charge in [0, 0.05) is 24.3 Å². The first-order valence-corrected chi connectivity index (χ1v) is 9.08. The van der Waals surface area contributed by atoms with Crippen LogP contribution in [-0.2, 0) is 11.3 Å². The molecule has 0 bridgehead atoms. The van der Waals surface area contributed by atoms with Crippen LogP contribution in [0.2, 0.25) is 0 Å². The minimum Gasteiger partial charge on any atom is -0.335 e. The highest BCUT2D eigenvalue weighted by molar-refractivity contribution is 5.77. The highest BCUT2D eigenvalue weighted by atomic mass is 16.2. The Morgan fingerprint density at radius 2 is 1.96 bits per heavy atom. The van der Waals surface area contributed by atoms with Crippen molar-refractivity contribution in [1.29, 1.82) is 5.26 Å². The standard InChI is InChI=1S/C18H22N4O3/c1-11(12-2-3-12)22(15-6-7-15)16(23)10-21-17(24)13(8-19)9-20(18(21)25)14-4-5-14/h9,11-12,14-15H,2-7,10H2,1H3. The van der Waals surface area contributed by atoms with Crippen molar-refractivity contribution in [2.24, 2.45) is 5.92 Å². The molecule has 0 N–H and O–H groups in total. The minimum atomic E-state index is -0.660. The van der Waals surface area contributed by atoms with Gasteiger partial charge in [0.05, 0.1) is 0 Å². The molecular weight excluding hydrogens is 320 g/mol. The number of carbonyl (C=O) groups is 1. The van der Waals surface area contributed by atoms with Gasteiger partial charge in [0.1, 0.15) is 18.2 Å². The summed E-state index contributed by atoms with van der Waals surface area (Å²) in [5.74, 6) is 0.355. The Labute approximate surface area is 145 Å². The van der Waals surface area contributed by atoms with Gasteiger partial charge in [-0.25, -0.2) is 9.36 Å². The molecule has 0 aromatic carbocycles. The molecule has 0 saturated heterocycles. The first-order chi connectivity index (χ1) is 12.0. The third kappa shape index (κ3) is 3.01. The highest BCUT2D eigenvalue weighted by Gasteiger charge is 2.41. The smallest absolute Gasteiger partial charge is 0.331 e. The van der Waals surface area contributed by atoms with Gasteiger partial charge >= 0.3 is 5.69 Å². The van der Waals surface area contributed by atoms with Crippen molar-refractivity contribution in [2.75, 3.05) is 0 Å². The van der Waals surface area contributed by atoms with Crippen molar-refractivity contribution in [2.45, 2.75) is 70.1 Å². The van der Waals surface area contributed by atoms with E-state index < -0.39 is 11.2 Å². The van der Waals surface area contributed by atoms with Crippen LogP contribution in [-0.4, -0.2) is 32.0 Å². The molecular formula is C18H22N4O3. The van der Waals surface area contributed by atoms with E-state index in [2.05, 4.69) is 6.92 Å². The van der Waals surface area contributed by atoms with Crippen LogP contribution >= 0.6 is 0 Å². The van der Waals surface area contributed by atoms with Crippen LogP contribution in [0.3, 0.4) is 0 Å². The third-order valence-corrected chi connectivity index (χ3v) is 5.52. The number of hydrogen-bond acceptors (Lipinski definition) is 4. The Morgan fingerprint density at radius 3 is 2.48 bits per heavy atom. The van der Waals surface area contributed by atoms with Crippen LogP contribution in [0, 0.1) is 17.2 Å². The lowest BCUT2D eigenvalue weighted by atomic mass is 10.1. The van der Waals surface area contributed by atoms with E-state index in [4.69, 9.17) is 0 Å². The molecule has 132 valence electrons. The second-order valence-corrected chi connectivity index (χ2v) is 7.58. The molecule has 0 radical (unpaired) electrons. The molecule has 7 nitrogen and oxygen atoms in total. The molecule has 0 aliphatic heterocycles. The van der Waals surface area contributed by atoms with E-state index in [1.165, 1.54) is 10.8 Å². The molecule has 7 heteroatoms. The van der Waals surface area contributed by atoms with Gasteiger partial charge in [0.25, 0.3) is 5.56 Å². The average Bonchev–Trinajstić information content (AvgIpc) is 3.44. The van der Waals surface area contributed by atoms with E-state index in [1.807, 2.05) is 11.0 Å². The monoisotopic (exact) mass is 342 g/mol. The first-order valence-electron chi connectivity index (χ1n) is 9.08. The highest BCUT2D eigenvalue weighted by Crippen LogP contribution is 2.39. The minimum absolute atomic E-state index is 0.0477. The number of hydrogen-bond donors (Lipinski definition) is 0. The van der Waals surface area contributed by atoms with Crippen molar-refractivity contribution in [3.8, 4) is 6.07 Å². The van der Waals surface area contributed by atoms with Gasteiger partial charge < -0.3 is 4.90 Å². The van der Waals surface area contributed by atoms with Crippen molar-refractivity contribution >= 4 is 5.91 Å². The van der Waals surface area contributed by atoms with E-state index in [0.29, 0.717) is 5.92 Å². The maximum absolute atomic E-state index is 12.9. The van der Waals surface area contributed by atoms with Crippen LogP contribution in [0.15, 0.2) is 15.8 Å². The van der Waals surface area contributed by atoms with Gasteiger partial charge in [-0.2, -0.15) is 5.26 Å². The van der Waals surface area contributed by atoms with Crippen molar-refractivity contribution in [3.63, 3.8) is 0 Å². The van der Waals surface area contributed by atoms with E-state index >= 15 is 0 Å². The lowest BCUT2D eigenvalue weighted by Gasteiger charge is -2.29. The fourth-order valence-electron chi connectivity index (χ4n) is 3.59. The Morgan fingerprint density at radius 1 is 1.28 bits per heavy atom. The molecule has 1 unspecified atom stereocenters. The predicted octanol–water partition coefficient (Wildman–Crippen LogP) is 1.01.